The molecule has 0 aromatic heterocycles. The second kappa shape index (κ2) is 11.6. The second-order valence-electron chi connectivity index (χ2n) is 6.91. The fourth-order valence-electron chi connectivity index (χ4n) is 2.18. The molecule has 1 aromatic rings. The van der Waals surface area contributed by atoms with Crippen LogP contribution in [0.25, 0.3) is 0 Å². The first-order valence-electron chi connectivity index (χ1n) is 9.11. The minimum atomic E-state index is -0.511. The normalized spacial score (nSPS) is 11.5. The maximum absolute atomic E-state index is 11.5. The molecule has 10 heteroatoms. The number of benzene rings is 1. The minimum absolute atomic E-state index is 0.0440. The third-order valence-corrected chi connectivity index (χ3v) is 3.37. The number of alkyl carbamates (subject to hydrolysis) is 1. The summed E-state index contributed by atoms with van der Waals surface area (Å²) >= 11 is 0. The van der Waals surface area contributed by atoms with Crippen molar-refractivity contribution >= 4 is 23.4 Å². The van der Waals surface area contributed by atoms with Gasteiger partial charge in [-0.2, -0.15) is 0 Å². The zero-order valence-electron chi connectivity index (χ0n) is 16.9. The highest BCUT2D eigenvalue weighted by Gasteiger charge is 2.15. The number of hydrogen-bond donors (Lipinski definition) is 4. The first kappa shape index (κ1) is 23.0. The van der Waals surface area contributed by atoms with E-state index in [1.807, 2.05) is 20.8 Å². The van der Waals surface area contributed by atoms with Gasteiger partial charge in [-0.15, -0.1) is 0 Å². The summed E-state index contributed by atoms with van der Waals surface area (Å²) in [6, 6.07) is 6.50. The van der Waals surface area contributed by atoms with Crippen LogP contribution in [0.5, 0.6) is 0 Å². The number of amides is 1. The van der Waals surface area contributed by atoms with Gasteiger partial charge in [0.1, 0.15) is 11.3 Å². The molecule has 0 fully saturated rings. The maximum Gasteiger partial charge on any atom is 0.407 e. The lowest BCUT2D eigenvalue weighted by Crippen LogP contribution is -2.41. The van der Waals surface area contributed by atoms with E-state index in [4.69, 9.17) is 4.74 Å². The first-order chi connectivity index (χ1) is 13.2. The van der Waals surface area contributed by atoms with E-state index < -0.39 is 16.6 Å². The SMILES string of the molecule is CN=C(NCCCNC(=O)OC(C)(C)C)NCCNc1ccccc1[N+](=O)[O-]. The fourth-order valence-corrected chi connectivity index (χ4v) is 2.18. The second-order valence-corrected chi connectivity index (χ2v) is 6.91. The van der Waals surface area contributed by atoms with E-state index in [2.05, 4.69) is 26.3 Å². The van der Waals surface area contributed by atoms with Crippen LogP contribution in [-0.4, -0.2) is 55.8 Å². The van der Waals surface area contributed by atoms with Crippen LogP contribution in [-0.2, 0) is 4.74 Å². The van der Waals surface area contributed by atoms with Gasteiger partial charge in [-0.1, -0.05) is 12.1 Å². The molecule has 1 rings (SSSR count). The van der Waals surface area contributed by atoms with Gasteiger partial charge in [-0.05, 0) is 33.3 Å². The Labute approximate surface area is 165 Å². The van der Waals surface area contributed by atoms with Crippen molar-refractivity contribution in [3.05, 3.63) is 34.4 Å². The van der Waals surface area contributed by atoms with Crippen LogP contribution in [0.15, 0.2) is 29.3 Å². The average Bonchev–Trinajstić information content (AvgIpc) is 2.61. The van der Waals surface area contributed by atoms with Crippen LogP contribution in [0.2, 0.25) is 0 Å². The van der Waals surface area contributed by atoms with Gasteiger partial charge in [0.2, 0.25) is 0 Å². The molecule has 0 unspecified atom stereocenters. The Bertz CT molecular complexity index is 672. The zero-order valence-corrected chi connectivity index (χ0v) is 16.9. The molecule has 1 amide bonds. The van der Waals surface area contributed by atoms with Gasteiger partial charge in [0.25, 0.3) is 5.69 Å². The lowest BCUT2D eigenvalue weighted by atomic mass is 10.2. The topological polar surface area (TPSA) is 130 Å². The van der Waals surface area contributed by atoms with Crippen LogP contribution in [0, 0.1) is 10.1 Å². The third kappa shape index (κ3) is 9.60. The number of ether oxygens (including phenoxy) is 1. The van der Waals surface area contributed by atoms with Crippen LogP contribution >= 0.6 is 0 Å². The average molecular weight is 394 g/mol. The summed E-state index contributed by atoms with van der Waals surface area (Å²) < 4.78 is 5.16. The molecule has 4 N–H and O–H groups in total. The number of carbonyl (C=O) groups excluding carboxylic acids is 1. The lowest BCUT2D eigenvalue weighted by Gasteiger charge is -2.19. The van der Waals surface area contributed by atoms with Gasteiger partial charge in [0, 0.05) is 39.3 Å². The molecule has 1 aromatic carbocycles. The Morgan fingerprint density at radius 3 is 2.39 bits per heavy atom. The number of nitro groups is 1. The highest BCUT2D eigenvalue weighted by atomic mass is 16.6. The minimum Gasteiger partial charge on any atom is -0.444 e. The number of anilines is 1. The Kier molecular flexibility index (Phi) is 9.55. The largest absolute Gasteiger partial charge is 0.444 e. The van der Waals surface area contributed by atoms with Crippen molar-refractivity contribution in [2.45, 2.75) is 32.8 Å². The number of rotatable bonds is 9. The highest BCUT2D eigenvalue weighted by Crippen LogP contribution is 2.22. The standard InChI is InChI=1S/C18H30N6O4/c1-18(2,3)28-17(25)23-11-7-10-21-16(19-4)22-13-12-20-14-8-5-6-9-15(14)24(26)27/h5-6,8-9,20H,7,10-13H2,1-4H3,(H,23,25)(H2,19,21,22). The van der Waals surface area contributed by atoms with Crippen molar-refractivity contribution in [2.24, 2.45) is 4.99 Å². The molecule has 0 atom stereocenters. The number of aliphatic imine (C=N–C) groups is 1. The lowest BCUT2D eigenvalue weighted by molar-refractivity contribution is -0.384. The summed E-state index contributed by atoms with van der Waals surface area (Å²) in [5.74, 6) is 0.613. The van der Waals surface area contributed by atoms with Crippen LogP contribution in [0.4, 0.5) is 16.2 Å². The molecule has 0 spiro atoms. The van der Waals surface area contributed by atoms with Gasteiger partial charge in [-0.3, -0.25) is 15.1 Å². The predicted octanol–water partition coefficient (Wildman–Crippen LogP) is 2.09. The summed E-state index contributed by atoms with van der Waals surface area (Å²) in [7, 11) is 1.66. The number of carbonyl (C=O) groups is 1. The molecule has 0 saturated carbocycles. The molecule has 0 saturated heterocycles. The molecular weight excluding hydrogens is 364 g/mol. The van der Waals surface area contributed by atoms with E-state index in [-0.39, 0.29) is 5.69 Å². The number of para-hydroxylation sites is 2. The summed E-state index contributed by atoms with van der Waals surface area (Å²) in [6.07, 6.45) is 0.269. The summed E-state index contributed by atoms with van der Waals surface area (Å²) in [4.78, 5) is 26.2. The molecule has 0 aliphatic carbocycles. The van der Waals surface area contributed by atoms with E-state index in [0.29, 0.717) is 44.2 Å². The number of nitrogens with one attached hydrogen (secondary N) is 4. The summed E-state index contributed by atoms with van der Waals surface area (Å²) in [5.41, 5.74) is 0.00985. The quantitative estimate of drug-likeness (QED) is 0.166. The molecule has 10 nitrogen and oxygen atoms in total. The number of guanidine groups is 1. The van der Waals surface area contributed by atoms with E-state index in [1.165, 1.54) is 6.07 Å². The molecule has 0 aliphatic heterocycles. The monoisotopic (exact) mass is 394 g/mol. The zero-order chi connectivity index (χ0) is 21.0. The molecule has 28 heavy (non-hydrogen) atoms. The van der Waals surface area contributed by atoms with Crippen LogP contribution < -0.4 is 21.3 Å². The van der Waals surface area contributed by atoms with Gasteiger partial charge in [0.05, 0.1) is 4.92 Å². The molecule has 0 heterocycles. The van der Waals surface area contributed by atoms with Gasteiger partial charge < -0.3 is 26.0 Å². The Hall–Kier alpha value is -3.04. The van der Waals surface area contributed by atoms with Crippen molar-refractivity contribution in [3.63, 3.8) is 0 Å². The summed E-state index contributed by atoms with van der Waals surface area (Å²) in [5, 5.41) is 22.9. The maximum atomic E-state index is 11.5. The van der Waals surface area contributed by atoms with Gasteiger partial charge >= 0.3 is 6.09 Å². The van der Waals surface area contributed by atoms with Crippen molar-refractivity contribution in [1.29, 1.82) is 0 Å². The fraction of sp³-hybridized carbons (Fsp3) is 0.556. The Balaban J connectivity index is 2.21. The molecule has 0 radical (unpaired) electrons. The van der Waals surface area contributed by atoms with Crippen molar-refractivity contribution < 1.29 is 14.5 Å². The van der Waals surface area contributed by atoms with E-state index in [1.54, 1.807) is 25.2 Å². The Morgan fingerprint density at radius 1 is 1.11 bits per heavy atom. The Morgan fingerprint density at radius 2 is 1.75 bits per heavy atom. The molecule has 0 bridgehead atoms. The van der Waals surface area contributed by atoms with Crippen molar-refractivity contribution in [2.75, 3.05) is 38.5 Å². The van der Waals surface area contributed by atoms with E-state index >= 15 is 0 Å². The van der Waals surface area contributed by atoms with Crippen molar-refractivity contribution in [1.82, 2.24) is 16.0 Å². The molecular formula is C18H30N6O4. The smallest absolute Gasteiger partial charge is 0.407 e. The van der Waals surface area contributed by atoms with Crippen LogP contribution in [0.1, 0.15) is 27.2 Å². The summed E-state index contributed by atoms with van der Waals surface area (Å²) in [6.45, 7) is 7.57. The first-order valence-corrected chi connectivity index (χ1v) is 9.11. The number of nitro benzene ring substituents is 1. The number of nitrogens with zero attached hydrogens (tertiary/aromatic N) is 2. The third-order valence-electron chi connectivity index (χ3n) is 3.37. The van der Waals surface area contributed by atoms with Gasteiger partial charge in [0.15, 0.2) is 5.96 Å². The van der Waals surface area contributed by atoms with Gasteiger partial charge in [-0.25, -0.2) is 4.79 Å². The predicted molar refractivity (Wildman–Crippen MR) is 110 cm³/mol. The van der Waals surface area contributed by atoms with E-state index in [9.17, 15) is 14.9 Å². The molecule has 156 valence electrons. The number of hydrogen-bond acceptors (Lipinski definition) is 6. The van der Waals surface area contributed by atoms with Crippen molar-refractivity contribution in [3.8, 4) is 0 Å². The highest BCUT2D eigenvalue weighted by molar-refractivity contribution is 5.79. The van der Waals surface area contributed by atoms with E-state index in [0.717, 1.165) is 0 Å². The van der Waals surface area contributed by atoms with Crippen LogP contribution in [0.3, 0.4) is 0 Å². The molecule has 0 aliphatic rings.